The summed E-state index contributed by atoms with van der Waals surface area (Å²) in [5.41, 5.74) is 3.89. The van der Waals surface area contributed by atoms with E-state index >= 15 is 0 Å². The molecule has 0 saturated heterocycles. The van der Waals surface area contributed by atoms with Gasteiger partial charge in [0.05, 0.1) is 0 Å². The summed E-state index contributed by atoms with van der Waals surface area (Å²) in [5, 5.41) is 1.06. The van der Waals surface area contributed by atoms with Gasteiger partial charge in [0.25, 0.3) is 0 Å². The van der Waals surface area contributed by atoms with E-state index in [1.54, 1.807) is 6.07 Å². The zero-order chi connectivity index (χ0) is 13.4. The van der Waals surface area contributed by atoms with Crippen LogP contribution in [0.3, 0.4) is 0 Å². The number of aryl methyl sites for hydroxylation is 1. The standard InChI is InChI=1S/C16H20O2/c1-9(2)12-7-13(10(3)4)16-14(8-12)11(5)6-15(17)18-16/h6-10H,1-5H3. The second kappa shape index (κ2) is 4.60. The molecule has 0 aliphatic heterocycles. The van der Waals surface area contributed by atoms with Crippen molar-refractivity contribution in [2.45, 2.75) is 46.5 Å². The van der Waals surface area contributed by atoms with Crippen LogP contribution in [-0.2, 0) is 0 Å². The third-order valence-corrected chi connectivity index (χ3v) is 3.39. The van der Waals surface area contributed by atoms with Gasteiger partial charge in [-0.15, -0.1) is 0 Å². The molecule has 1 heterocycles. The summed E-state index contributed by atoms with van der Waals surface area (Å²) in [6, 6.07) is 5.88. The van der Waals surface area contributed by atoms with Crippen LogP contribution in [0.25, 0.3) is 11.0 Å². The summed E-state index contributed by atoms with van der Waals surface area (Å²) < 4.78 is 5.41. The fraction of sp³-hybridized carbons (Fsp3) is 0.438. The molecule has 0 aliphatic carbocycles. The third-order valence-electron chi connectivity index (χ3n) is 3.39. The zero-order valence-electron chi connectivity index (χ0n) is 11.7. The molecule has 0 spiro atoms. The average Bonchev–Trinajstić information content (AvgIpc) is 2.27. The van der Waals surface area contributed by atoms with E-state index in [4.69, 9.17) is 4.42 Å². The van der Waals surface area contributed by atoms with Crippen LogP contribution in [0.4, 0.5) is 0 Å². The topological polar surface area (TPSA) is 30.2 Å². The Bertz CT molecular complexity index is 633. The van der Waals surface area contributed by atoms with E-state index < -0.39 is 0 Å². The fourth-order valence-corrected chi connectivity index (χ4v) is 2.23. The number of hydrogen-bond acceptors (Lipinski definition) is 2. The molecule has 96 valence electrons. The van der Waals surface area contributed by atoms with E-state index in [-0.39, 0.29) is 5.63 Å². The molecule has 0 radical (unpaired) electrons. The van der Waals surface area contributed by atoms with Crippen molar-refractivity contribution < 1.29 is 4.42 Å². The highest BCUT2D eigenvalue weighted by Crippen LogP contribution is 2.30. The van der Waals surface area contributed by atoms with Gasteiger partial charge in [-0.25, -0.2) is 4.79 Å². The van der Waals surface area contributed by atoms with Crippen molar-refractivity contribution in [3.63, 3.8) is 0 Å². The van der Waals surface area contributed by atoms with E-state index in [0.29, 0.717) is 11.8 Å². The van der Waals surface area contributed by atoms with Crippen molar-refractivity contribution in [2.24, 2.45) is 0 Å². The highest BCUT2D eigenvalue weighted by atomic mass is 16.4. The van der Waals surface area contributed by atoms with Gasteiger partial charge in [0.15, 0.2) is 0 Å². The molecule has 18 heavy (non-hydrogen) atoms. The Labute approximate surface area is 108 Å². The molecular formula is C16H20O2. The lowest BCUT2D eigenvalue weighted by Crippen LogP contribution is -2.02. The van der Waals surface area contributed by atoms with Gasteiger partial charge in [-0.2, -0.15) is 0 Å². The van der Waals surface area contributed by atoms with Gasteiger partial charge >= 0.3 is 5.63 Å². The Balaban J connectivity index is 2.90. The van der Waals surface area contributed by atoms with Crippen molar-refractivity contribution in [1.29, 1.82) is 0 Å². The van der Waals surface area contributed by atoms with E-state index in [2.05, 4.69) is 39.8 Å². The van der Waals surface area contributed by atoms with E-state index in [1.807, 2.05) is 6.92 Å². The molecule has 2 aromatic rings. The first-order chi connectivity index (χ1) is 8.40. The minimum atomic E-state index is -0.265. The van der Waals surface area contributed by atoms with Gasteiger partial charge in [-0.3, -0.25) is 0 Å². The number of fused-ring (bicyclic) bond motifs is 1. The Morgan fingerprint density at radius 1 is 1.00 bits per heavy atom. The lowest BCUT2D eigenvalue weighted by molar-refractivity contribution is 0.553. The van der Waals surface area contributed by atoms with Crippen molar-refractivity contribution in [3.8, 4) is 0 Å². The molecule has 1 aromatic carbocycles. The molecular weight excluding hydrogens is 224 g/mol. The lowest BCUT2D eigenvalue weighted by Gasteiger charge is -2.14. The summed E-state index contributed by atoms with van der Waals surface area (Å²) in [6.45, 7) is 10.6. The molecule has 0 atom stereocenters. The molecule has 2 heteroatoms. The lowest BCUT2D eigenvalue weighted by atomic mass is 9.92. The summed E-state index contributed by atoms with van der Waals surface area (Å²) in [5.74, 6) is 0.814. The molecule has 0 bridgehead atoms. The van der Waals surface area contributed by atoms with E-state index in [9.17, 15) is 4.79 Å². The Morgan fingerprint density at radius 3 is 2.22 bits per heavy atom. The first-order valence-electron chi connectivity index (χ1n) is 6.48. The monoisotopic (exact) mass is 244 g/mol. The van der Waals surface area contributed by atoms with Crippen molar-refractivity contribution in [3.05, 3.63) is 45.3 Å². The predicted molar refractivity (Wildman–Crippen MR) is 75.4 cm³/mol. The van der Waals surface area contributed by atoms with Crippen molar-refractivity contribution in [2.75, 3.05) is 0 Å². The molecule has 0 amide bonds. The smallest absolute Gasteiger partial charge is 0.336 e. The minimum Gasteiger partial charge on any atom is -0.422 e. The van der Waals surface area contributed by atoms with Crippen LogP contribution >= 0.6 is 0 Å². The van der Waals surface area contributed by atoms with Gasteiger partial charge in [0.1, 0.15) is 5.58 Å². The van der Waals surface area contributed by atoms with Gasteiger partial charge in [0.2, 0.25) is 0 Å². The second-order valence-electron chi connectivity index (χ2n) is 5.54. The maximum Gasteiger partial charge on any atom is 0.336 e. The van der Waals surface area contributed by atoms with Crippen LogP contribution < -0.4 is 5.63 Å². The number of rotatable bonds is 2. The van der Waals surface area contributed by atoms with Crippen LogP contribution in [-0.4, -0.2) is 0 Å². The van der Waals surface area contributed by atoms with Gasteiger partial charge < -0.3 is 4.42 Å². The van der Waals surface area contributed by atoms with E-state index in [0.717, 1.165) is 22.1 Å². The first-order valence-corrected chi connectivity index (χ1v) is 6.48. The number of benzene rings is 1. The molecule has 2 nitrogen and oxygen atoms in total. The molecule has 0 N–H and O–H groups in total. The highest BCUT2D eigenvalue weighted by Gasteiger charge is 2.13. The molecule has 0 saturated carbocycles. The molecule has 2 rings (SSSR count). The Morgan fingerprint density at radius 2 is 1.67 bits per heavy atom. The summed E-state index contributed by atoms with van der Waals surface area (Å²) in [4.78, 5) is 11.5. The van der Waals surface area contributed by atoms with Gasteiger partial charge in [-0.1, -0.05) is 33.8 Å². The van der Waals surface area contributed by atoms with Crippen LogP contribution in [0, 0.1) is 6.92 Å². The number of hydrogen-bond donors (Lipinski definition) is 0. The predicted octanol–water partition coefficient (Wildman–Crippen LogP) is 4.35. The normalized spacial score (nSPS) is 11.7. The third kappa shape index (κ3) is 2.20. The van der Waals surface area contributed by atoms with Gasteiger partial charge in [-0.05, 0) is 41.5 Å². The minimum absolute atomic E-state index is 0.265. The Kier molecular flexibility index (Phi) is 3.29. The summed E-state index contributed by atoms with van der Waals surface area (Å²) >= 11 is 0. The largest absolute Gasteiger partial charge is 0.422 e. The zero-order valence-corrected chi connectivity index (χ0v) is 11.7. The second-order valence-corrected chi connectivity index (χ2v) is 5.54. The van der Waals surface area contributed by atoms with Crippen LogP contribution in [0.2, 0.25) is 0 Å². The van der Waals surface area contributed by atoms with Crippen LogP contribution in [0.5, 0.6) is 0 Å². The maximum atomic E-state index is 11.5. The van der Waals surface area contributed by atoms with Crippen molar-refractivity contribution >= 4 is 11.0 Å². The SMILES string of the molecule is Cc1cc(=O)oc2c(C(C)C)cc(C(C)C)cc12. The first kappa shape index (κ1) is 12.9. The van der Waals surface area contributed by atoms with Gasteiger partial charge in [0, 0.05) is 11.5 Å². The summed E-state index contributed by atoms with van der Waals surface area (Å²) in [6.07, 6.45) is 0. The van der Waals surface area contributed by atoms with Crippen molar-refractivity contribution in [1.82, 2.24) is 0 Å². The summed E-state index contributed by atoms with van der Waals surface area (Å²) in [7, 11) is 0. The van der Waals surface area contributed by atoms with E-state index in [1.165, 1.54) is 5.56 Å². The molecule has 0 aliphatic rings. The molecule has 0 fully saturated rings. The van der Waals surface area contributed by atoms with Crippen LogP contribution in [0.1, 0.15) is 56.2 Å². The van der Waals surface area contributed by atoms with Crippen LogP contribution in [0.15, 0.2) is 27.4 Å². The maximum absolute atomic E-state index is 11.5. The highest BCUT2D eigenvalue weighted by molar-refractivity contribution is 5.84. The average molecular weight is 244 g/mol. The fourth-order valence-electron chi connectivity index (χ4n) is 2.23. The molecule has 0 unspecified atom stereocenters. The Hall–Kier alpha value is -1.57. The quantitative estimate of drug-likeness (QED) is 0.735. The molecule has 1 aromatic heterocycles.